The predicted molar refractivity (Wildman–Crippen MR) is 110 cm³/mol. The summed E-state index contributed by atoms with van der Waals surface area (Å²) in [7, 11) is 0. The van der Waals surface area contributed by atoms with E-state index in [-0.39, 0.29) is 0 Å². The zero-order valence-corrected chi connectivity index (χ0v) is 17.3. The second kappa shape index (κ2) is 8.45. The summed E-state index contributed by atoms with van der Waals surface area (Å²) in [5, 5.41) is 0. The highest BCUT2D eigenvalue weighted by molar-refractivity contribution is 9.10. The van der Waals surface area contributed by atoms with E-state index in [1.54, 1.807) is 0 Å². The minimum absolute atomic E-state index is 0.543. The minimum atomic E-state index is 0.543. The molecule has 0 spiro atoms. The summed E-state index contributed by atoms with van der Waals surface area (Å²) in [4.78, 5) is 3.25. The average molecular weight is 469 g/mol. The molecule has 2 aromatic rings. The molecule has 1 aliphatic heterocycles. The Labute approximate surface area is 165 Å². The topological polar surface area (TPSA) is 12.5 Å². The molecule has 0 unspecified atom stereocenters. The van der Waals surface area contributed by atoms with Crippen LogP contribution in [0.1, 0.15) is 30.4 Å². The Balaban J connectivity index is 1.65. The van der Waals surface area contributed by atoms with Crippen molar-refractivity contribution in [2.24, 2.45) is 0 Å². The van der Waals surface area contributed by atoms with Gasteiger partial charge in [0.1, 0.15) is 17.3 Å². The van der Waals surface area contributed by atoms with Gasteiger partial charge in [-0.15, -0.1) is 0 Å². The lowest BCUT2D eigenvalue weighted by molar-refractivity contribution is 0.304. The van der Waals surface area contributed by atoms with Crippen LogP contribution in [0.3, 0.4) is 0 Å². The average Bonchev–Trinajstić information content (AvgIpc) is 2.62. The molecule has 1 fully saturated rings. The molecule has 0 atom stereocenters. The van der Waals surface area contributed by atoms with E-state index in [1.165, 1.54) is 19.3 Å². The highest BCUT2D eigenvalue weighted by Crippen LogP contribution is 2.28. The largest absolute Gasteiger partial charge is 0.488 e. The van der Waals surface area contributed by atoms with Crippen LogP contribution in [0, 0.1) is 0 Å². The maximum Gasteiger partial charge on any atom is 0.134 e. The second-order valence-electron chi connectivity index (χ2n) is 5.91. The maximum atomic E-state index is 5.92. The minimum Gasteiger partial charge on any atom is -0.488 e. The summed E-state index contributed by atoms with van der Waals surface area (Å²) >= 11 is 12.7. The van der Waals surface area contributed by atoms with Gasteiger partial charge in [-0.1, -0.05) is 40.3 Å². The molecule has 3 rings (SSSR count). The van der Waals surface area contributed by atoms with E-state index < -0.39 is 0 Å². The van der Waals surface area contributed by atoms with E-state index in [2.05, 4.69) is 61.0 Å². The SMILES string of the molecule is S=C(c1ccc(OCc2ccc(Br)cc2)c(Br)c1)N1CCCCC1. The molecule has 1 saturated heterocycles. The highest BCUT2D eigenvalue weighted by atomic mass is 79.9. The Morgan fingerprint density at radius 3 is 2.38 bits per heavy atom. The van der Waals surface area contributed by atoms with Crippen LogP contribution in [0.4, 0.5) is 0 Å². The number of hydrogen-bond acceptors (Lipinski definition) is 2. The van der Waals surface area contributed by atoms with Crippen LogP contribution < -0.4 is 4.74 Å². The first kappa shape index (κ1) is 17.9. The zero-order valence-electron chi connectivity index (χ0n) is 13.3. The summed E-state index contributed by atoms with van der Waals surface area (Å²) in [5.74, 6) is 0.836. The standard InChI is InChI=1S/C19H19Br2NOS/c20-16-7-4-14(5-8-16)13-23-18-9-6-15(12-17(18)21)19(24)22-10-2-1-3-11-22/h4-9,12H,1-3,10-11,13H2. The lowest BCUT2D eigenvalue weighted by Crippen LogP contribution is -2.34. The molecular formula is C19H19Br2NOS. The van der Waals surface area contributed by atoms with Gasteiger partial charge in [0.15, 0.2) is 0 Å². The third kappa shape index (κ3) is 4.58. The van der Waals surface area contributed by atoms with Gasteiger partial charge in [-0.3, -0.25) is 0 Å². The first-order chi connectivity index (χ1) is 11.6. The van der Waals surface area contributed by atoms with Crippen molar-refractivity contribution >= 4 is 49.1 Å². The van der Waals surface area contributed by atoms with Gasteiger partial charge in [0.25, 0.3) is 0 Å². The Hall–Kier alpha value is -0.910. The molecule has 2 aromatic carbocycles. The Kier molecular flexibility index (Phi) is 6.31. The molecule has 1 aliphatic rings. The van der Waals surface area contributed by atoms with Crippen molar-refractivity contribution in [1.29, 1.82) is 0 Å². The van der Waals surface area contributed by atoms with Crippen LogP contribution >= 0.6 is 44.1 Å². The van der Waals surface area contributed by atoms with Gasteiger partial charge >= 0.3 is 0 Å². The quantitative estimate of drug-likeness (QED) is 0.514. The van der Waals surface area contributed by atoms with E-state index in [9.17, 15) is 0 Å². The summed E-state index contributed by atoms with van der Waals surface area (Å²) in [6, 6.07) is 14.3. The monoisotopic (exact) mass is 467 g/mol. The lowest BCUT2D eigenvalue weighted by atomic mass is 10.1. The molecule has 0 radical (unpaired) electrons. The number of hydrogen-bond donors (Lipinski definition) is 0. The molecule has 1 heterocycles. The lowest BCUT2D eigenvalue weighted by Gasteiger charge is -2.29. The van der Waals surface area contributed by atoms with Crippen molar-refractivity contribution in [1.82, 2.24) is 4.90 Å². The van der Waals surface area contributed by atoms with Gasteiger partial charge < -0.3 is 9.64 Å². The molecule has 2 nitrogen and oxygen atoms in total. The van der Waals surface area contributed by atoms with E-state index in [1.807, 2.05) is 18.2 Å². The Bertz CT molecular complexity index is 712. The molecule has 0 bridgehead atoms. The number of likely N-dealkylation sites (tertiary alicyclic amines) is 1. The van der Waals surface area contributed by atoms with E-state index in [0.29, 0.717) is 6.61 Å². The van der Waals surface area contributed by atoms with Crippen molar-refractivity contribution in [3.8, 4) is 5.75 Å². The van der Waals surface area contributed by atoms with Gasteiger partial charge in [0.05, 0.1) is 4.47 Å². The highest BCUT2D eigenvalue weighted by Gasteiger charge is 2.16. The molecule has 126 valence electrons. The van der Waals surface area contributed by atoms with Crippen molar-refractivity contribution in [2.45, 2.75) is 25.9 Å². The number of ether oxygens (including phenoxy) is 1. The van der Waals surface area contributed by atoms with Crippen LogP contribution in [0.5, 0.6) is 5.75 Å². The van der Waals surface area contributed by atoms with Crippen molar-refractivity contribution in [2.75, 3.05) is 13.1 Å². The van der Waals surface area contributed by atoms with E-state index in [4.69, 9.17) is 17.0 Å². The molecule has 0 aliphatic carbocycles. The zero-order chi connectivity index (χ0) is 16.9. The van der Waals surface area contributed by atoms with Crippen LogP contribution in [-0.2, 0) is 6.61 Å². The van der Waals surface area contributed by atoms with E-state index >= 15 is 0 Å². The summed E-state index contributed by atoms with van der Waals surface area (Å²) < 4.78 is 7.94. The Morgan fingerprint density at radius 2 is 1.71 bits per heavy atom. The van der Waals surface area contributed by atoms with E-state index in [0.717, 1.165) is 43.9 Å². The number of rotatable bonds is 4. The molecular weight excluding hydrogens is 450 g/mol. The smallest absolute Gasteiger partial charge is 0.134 e. The number of benzene rings is 2. The second-order valence-corrected chi connectivity index (χ2v) is 8.07. The first-order valence-electron chi connectivity index (χ1n) is 8.09. The summed E-state index contributed by atoms with van der Waals surface area (Å²) in [6.07, 6.45) is 3.77. The van der Waals surface area contributed by atoms with Crippen molar-refractivity contribution in [3.05, 3.63) is 62.5 Å². The summed E-state index contributed by atoms with van der Waals surface area (Å²) in [5.41, 5.74) is 2.22. The Morgan fingerprint density at radius 1 is 1.00 bits per heavy atom. The van der Waals surface area contributed by atoms with Crippen LogP contribution in [0.25, 0.3) is 0 Å². The molecule has 0 amide bonds. The molecule has 24 heavy (non-hydrogen) atoms. The number of nitrogens with zero attached hydrogens (tertiary/aromatic N) is 1. The first-order valence-corrected chi connectivity index (χ1v) is 10.1. The molecule has 5 heteroatoms. The van der Waals surface area contributed by atoms with Crippen molar-refractivity contribution in [3.63, 3.8) is 0 Å². The van der Waals surface area contributed by atoms with Crippen LogP contribution in [0.2, 0.25) is 0 Å². The fourth-order valence-electron chi connectivity index (χ4n) is 2.77. The third-order valence-electron chi connectivity index (χ3n) is 4.13. The number of thiocarbonyl (C=S) groups is 1. The van der Waals surface area contributed by atoms with Crippen LogP contribution in [-0.4, -0.2) is 23.0 Å². The number of piperidine rings is 1. The van der Waals surface area contributed by atoms with Crippen molar-refractivity contribution < 1.29 is 4.74 Å². The van der Waals surface area contributed by atoms with Gasteiger partial charge in [-0.2, -0.15) is 0 Å². The number of halogens is 2. The summed E-state index contributed by atoms with van der Waals surface area (Å²) in [6.45, 7) is 2.68. The fraction of sp³-hybridized carbons (Fsp3) is 0.316. The predicted octanol–water partition coefficient (Wildman–Crippen LogP) is 5.95. The van der Waals surface area contributed by atoms with Gasteiger partial charge in [0.2, 0.25) is 0 Å². The maximum absolute atomic E-state index is 5.92. The van der Waals surface area contributed by atoms with Gasteiger partial charge in [-0.05, 0) is 71.1 Å². The molecule has 0 N–H and O–H groups in total. The van der Waals surface area contributed by atoms with Gasteiger partial charge in [0, 0.05) is 23.1 Å². The fourth-order valence-corrected chi connectivity index (χ4v) is 3.84. The van der Waals surface area contributed by atoms with Crippen LogP contribution in [0.15, 0.2) is 51.4 Å². The molecule has 0 saturated carbocycles. The molecule has 0 aromatic heterocycles. The normalized spacial score (nSPS) is 14.5. The third-order valence-corrected chi connectivity index (χ3v) is 5.77. The van der Waals surface area contributed by atoms with Gasteiger partial charge in [-0.25, -0.2) is 0 Å².